The molecule has 0 spiro atoms. The highest BCUT2D eigenvalue weighted by molar-refractivity contribution is 6.01. The minimum Gasteiger partial charge on any atom is -0.380 e. The molecule has 1 saturated heterocycles. The second-order valence-electron chi connectivity index (χ2n) is 7.17. The van der Waals surface area contributed by atoms with E-state index >= 15 is 0 Å². The first-order valence-electron chi connectivity index (χ1n) is 6.70. The predicted octanol–water partition coefficient (Wildman–Crippen LogP) is 0.136. The van der Waals surface area contributed by atoms with Crippen molar-refractivity contribution < 1.29 is 19.5 Å². The molecule has 1 rings (SSSR count). The van der Waals surface area contributed by atoms with Gasteiger partial charge in [0.1, 0.15) is 11.9 Å². The Bertz CT molecular complexity index is 427. The van der Waals surface area contributed by atoms with Crippen molar-refractivity contribution in [3.05, 3.63) is 0 Å². The average Bonchev–Trinajstić information content (AvgIpc) is 2.24. The molecule has 1 aliphatic rings. The summed E-state index contributed by atoms with van der Waals surface area (Å²) in [7, 11) is 0. The van der Waals surface area contributed by atoms with Gasteiger partial charge in [0.2, 0.25) is 5.91 Å². The van der Waals surface area contributed by atoms with E-state index in [0.29, 0.717) is 6.42 Å². The number of amides is 2. The number of aldehydes is 1. The van der Waals surface area contributed by atoms with Crippen LogP contribution in [0.25, 0.3) is 0 Å². The lowest BCUT2D eigenvalue weighted by Gasteiger charge is -2.39. The third-order valence-corrected chi connectivity index (χ3v) is 3.46. The molecule has 20 heavy (non-hydrogen) atoms. The lowest BCUT2D eigenvalue weighted by atomic mass is 9.74. The Morgan fingerprint density at radius 1 is 1.35 bits per heavy atom. The van der Waals surface area contributed by atoms with Crippen LogP contribution in [0.4, 0.5) is 0 Å². The molecule has 0 saturated carbocycles. The molecule has 2 atom stereocenters. The third kappa shape index (κ3) is 4.11. The number of carbonyl (C=O) groups excluding carboxylic acids is 3. The second-order valence-corrected chi connectivity index (χ2v) is 7.17. The van der Waals surface area contributed by atoms with Crippen molar-refractivity contribution in [1.82, 2.24) is 10.6 Å². The van der Waals surface area contributed by atoms with Crippen LogP contribution in [0.5, 0.6) is 0 Å². The van der Waals surface area contributed by atoms with E-state index in [1.54, 1.807) is 13.8 Å². The van der Waals surface area contributed by atoms with E-state index in [4.69, 9.17) is 0 Å². The number of rotatable bonds is 3. The largest absolute Gasteiger partial charge is 0.380 e. The molecule has 1 aliphatic heterocycles. The maximum absolute atomic E-state index is 12.1. The monoisotopic (exact) mass is 284 g/mol. The fourth-order valence-electron chi connectivity index (χ4n) is 2.66. The van der Waals surface area contributed by atoms with Crippen molar-refractivity contribution in [3.63, 3.8) is 0 Å². The van der Waals surface area contributed by atoms with Crippen molar-refractivity contribution in [2.45, 2.75) is 64.6 Å². The number of nitrogens with one attached hydrogen (secondary N) is 2. The molecular weight excluding hydrogens is 260 g/mol. The van der Waals surface area contributed by atoms with Gasteiger partial charge >= 0.3 is 0 Å². The minimum absolute atomic E-state index is 0.235. The molecule has 0 aromatic carbocycles. The normalized spacial score (nSPS) is 31.2. The Labute approximate surface area is 119 Å². The van der Waals surface area contributed by atoms with Gasteiger partial charge in [0.25, 0.3) is 5.91 Å². The standard InChI is InChI=1S/C14H24N2O4/c1-12(2)6-9(16-13(3,4)8-17)10(18)15-11(19)14(5,20)7-12/h8-9,16,20H,6-7H2,1-5H3,(H,15,18,19). The van der Waals surface area contributed by atoms with Crippen LogP contribution in [-0.4, -0.2) is 40.4 Å². The number of imide groups is 1. The van der Waals surface area contributed by atoms with Gasteiger partial charge in [-0.25, -0.2) is 0 Å². The first kappa shape index (κ1) is 16.8. The molecule has 3 N–H and O–H groups in total. The minimum atomic E-state index is -1.58. The molecule has 6 heteroatoms. The highest BCUT2D eigenvalue weighted by atomic mass is 16.3. The predicted molar refractivity (Wildman–Crippen MR) is 73.9 cm³/mol. The molecule has 0 radical (unpaired) electrons. The van der Waals surface area contributed by atoms with Gasteiger partial charge in [-0.2, -0.15) is 0 Å². The van der Waals surface area contributed by atoms with Gasteiger partial charge in [0.15, 0.2) is 0 Å². The van der Waals surface area contributed by atoms with Crippen molar-refractivity contribution in [2.24, 2.45) is 5.41 Å². The van der Waals surface area contributed by atoms with Gasteiger partial charge in [0.05, 0.1) is 11.6 Å². The van der Waals surface area contributed by atoms with E-state index in [1.165, 1.54) is 6.92 Å². The molecule has 0 aromatic rings. The number of hydrogen-bond donors (Lipinski definition) is 3. The van der Waals surface area contributed by atoms with Gasteiger partial charge in [-0.15, -0.1) is 0 Å². The summed E-state index contributed by atoms with van der Waals surface area (Å²) in [5.74, 6) is -1.22. The van der Waals surface area contributed by atoms with Crippen molar-refractivity contribution in [2.75, 3.05) is 0 Å². The molecule has 1 heterocycles. The third-order valence-electron chi connectivity index (χ3n) is 3.46. The molecule has 0 bridgehead atoms. The van der Waals surface area contributed by atoms with Gasteiger partial charge in [-0.05, 0) is 39.0 Å². The Morgan fingerprint density at radius 3 is 2.40 bits per heavy atom. The summed E-state index contributed by atoms with van der Waals surface area (Å²) in [6.07, 6.45) is 1.38. The van der Waals surface area contributed by atoms with Crippen molar-refractivity contribution in [3.8, 4) is 0 Å². The lowest BCUT2D eigenvalue weighted by molar-refractivity contribution is -0.148. The van der Waals surface area contributed by atoms with Crippen LogP contribution in [-0.2, 0) is 14.4 Å². The Morgan fingerprint density at radius 2 is 1.90 bits per heavy atom. The Hall–Kier alpha value is -1.27. The van der Waals surface area contributed by atoms with Crippen LogP contribution in [0, 0.1) is 5.41 Å². The summed E-state index contributed by atoms with van der Waals surface area (Å²) in [6.45, 7) is 8.50. The van der Waals surface area contributed by atoms with Gasteiger partial charge in [0, 0.05) is 0 Å². The molecule has 114 valence electrons. The van der Waals surface area contributed by atoms with Crippen LogP contribution in [0.15, 0.2) is 0 Å². The second kappa shape index (κ2) is 5.26. The first-order valence-corrected chi connectivity index (χ1v) is 6.70. The number of carbonyl (C=O) groups is 3. The van der Waals surface area contributed by atoms with Crippen LogP contribution in [0.2, 0.25) is 0 Å². The maximum atomic E-state index is 12.1. The smallest absolute Gasteiger partial charge is 0.258 e. The molecular formula is C14H24N2O4. The van der Waals surface area contributed by atoms with E-state index in [2.05, 4.69) is 10.6 Å². The number of hydrogen-bond acceptors (Lipinski definition) is 5. The molecule has 1 fully saturated rings. The first-order chi connectivity index (χ1) is 8.88. The molecule has 0 aliphatic carbocycles. The molecule has 0 aromatic heterocycles. The fraction of sp³-hybridized carbons (Fsp3) is 0.786. The van der Waals surface area contributed by atoms with Crippen molar-refractivity contribution in [1.29, 1.82) is 0 Å². The van der Waals surface area contributed by atoms with E-state index in [9.17, 15) is 19.5 Å². The highest BCUT2D eigenvalue weighted by Gasteiger charge is 2.43. The Kier molecular flexibility index (Phi) is 4.41. The zero-order valence-electron chi connectivity index (χ0n) is 12.7. The van der Waals surface area contributed by atoms with E-state index in [0.717, 1.165) is 6.29 Å². The lowest BCUT2D eigenvalue weighted by Crippen LogP contribution is -2.60. The highest BCUT2D eigenvalue weighted by Crippen LogP contribution is 2.34. The zero-order valence-corrected chi connectivity index (χ0v) is 12.7. The molecule has 6 nitrogen and oxygen atoms in total. The summed E-state index contributed by atoms with van der Waals surface area (Å²) in [6, 6.07) is -0.662. The number of aliphatic hydroxyl groups is 1. The van der Waals surface area contributed by atoms with Gasteiger partial charge in [-0.1, -0.05) is 13.8 Å². The summed E-state index contributed by atoms with van der Waals surface area (Å²) < 4.78 is 0. The SMILES string of the molecule is CC1(C)CC(NC(C)(C)C=O)C(=O)NC(=O)C(C)(O)C1. The van der Waals surface area contributed by atoms with E-state index in [-0.39, 0.29) is 6.42 Å². The van der Waals surface area contributed by atoms with E-state index in [1.807, 2.05) is 13.8 Å². The van der Waals surface area contributed by atoms with Crippen LogP contribution < -0.4 is 10.6 Å². The summed E-state index contributed by atoms with van der Waals surface area (Å²) in [4.78, 5) is 35.0. The van der Waals surface area contributed by atoms with E-state index < -0.39 is 34.4 Å². The van der Waals surface area contributed by atoms with Gasteiger partial charge < -0.3 is 9.90 Å². The Balaban J connectivity index is 3.02. The topological polar surface area (TPSA) is 95.5 Å². The summed E-state index contributed by atoms with van der Waals surface area (Å²) in [5, 5.41) is 15.3. The van der Waals surface area contributed by atoms with Crippen molar-refractivity contribution >= 4 is 18.1 Å². The van der Waals surface area contributed by atoms with Crippen LogP contribution >= 0.6 is 0 Å². The fourth-order valence-corrected chi connectivity index (χ4v) is 2.66. The molecule has 2 unspecified atom stereocenters. The quantitative estimate of drug-likeness (QED) is 0.506. The zero-order chi connectivity index (χ0) is 15.8. The molecule has 2 amide bonds. The maximum Gasteiger partial charge on any atom is 0.258 e. The average molecular weight is 284 g/mol. The van der Waals surface area contributed by atoms with Crippen LogP contribution in [0.3, 0.4) is 0 Å². The van der Waals surface area contributed by atoms with Gasteiger partial charge in [-0.3, -0.25) is 20.2 Å². The van der Waals surface area contributed by atoms with Crippen LogP contribution in [0.1, 0.15) is 47.5 Å². The summed E-state index contributed by atoms with van der Waals surface area (Å²) >= 11 is 0. The summed E-state index contributed by atoms with van der Waals surface area (Å²) in [5.41, 5.74) is -2.86.